The topological polar surface area (TPSA) is 82.9 Å². The maximum Gasteiger partial charge on any atom is 0.308 e. The quantitative estimate of drug-likeness (QED) is 0.202. The number of aromatic nitrogens is 1. The van der Waals surface area contributed by atoms with Crippen LogP contribution in [0.2, 0.25) is 10.0 Å². The molecule has 0 bridgehead atoms. The Balaban J connectivity index is 1.30. The number of fused-ring (bicyclic) bond motifs is 1. The molecule has 1 fully saturated rings. The highest BCUT2D eigenvalue weighted by molar-refractivity contribution is 7.99. The lowest BCUT2D eigenvalue weighted by molar-refractivity contribution is -0.146. The molecule has 0 radical (unpaired) electrons. The molecule has 198 valence electrons. The molecule has 6 nitrogen and oxygen atoms in total. The molecule has 0 spiro atoms. The number of carboxylic acid groups (broad SMARTS) is 1. The second-order valence-corrected chi connectivity index (χ2v) is 11.3. The molecule has 4 rings (SSSR count). The van der Waals surface area contributed by atoms with Crippen molar-refractivity contribution in [3.05, 3.63) is 64.3 Å². The molecule has 2 aromatic carbocycles. The summed E-state index contributed by atoms with van der Waals surface area (Å²) in [5, 5.41) is 23.0. The summed E-state index contributed by atoms with van der Waals surface area (Å²) < 4.78 is 5.34. The number of likely N-dealkylation sites (tertiary alicyclic amines) is 1. The molecule has 0 unspecified atom stereocenters. The van der Waals surface area contributed by atoms with E-state index in [9.17, 15) is 15.0 Å². The third-order valence-corrected chi connectivity index (χ3v) is 9.18. The van der Waals surface area contributed by atoms with E-state index in [4.69, 9.17) is 27.9 Å². The van der Waals surface area contributed by atoms with Crippen LogP contribution in [-0.4, -0.2) is 58.6 Å². The Hall–Kier alpha value is -2.03. The van der Waals surface area contributed by atoms with E-state index in [-0.39, 0.29) is 5.92 Å². The maximum atomic E-state index is 12.1. The van der Waals surface area contributed by atoms with Crippen molar-refractivity contribution in [1.29, 1.82) is 0 Å². The van der Waals surface area contributed by atoms with Gasteiger partial charge < -0.3 is 19.8 Å². The van der Waals surface area contributed by atoms with Gasteiger partial charge >= 0.3 is 5.97 Å². The summed E-state index contributed by atoms with van der Waals surface area (Å²) in [5.74, 6) is 0.426. The van der Waals surface area contributed by atoms with Crippen LogP contribution in [0.4, 0.5) is 0 Å². The van der Waals surface area contributed by atoms with Gasteiger partial charge in [0.15, 0.2) is 0 Å². The fraction of sp³-hybridized carbons (Fsp3) is 0.429. The van der Waals surface area contributed by atoms with Gasteiger partial charge in [0.05, 0.1) is 34.7 Å². The number of ether oxygens (including phenoxy) is 1. The Morgan fingerprint density at radius 2 is 2.11 bits per heavy atom. The number of halogens is 2. The first-order valence-electron chi connectivity index (χ1n) is 12.5. The average Bonchev–Trinajstić information content (AvgIpc) is 2.91. The SMILES string of the molecule is COc1ccc2nccc([C@@H](O)CC[C@@H]3CCN(CCCSc4cccc(Cl)c4Cl)C[C@@H]3C(=O)O)c2c1. The van der Waals surface area contributed by atoms with Gasteiger partial charge in [-0.3, -0.25) is 9.78 Å². The summed E-state index contributed by atoms with van der Waals surface area (Å²) in [6, 6.07) is 13.1. The summed E-state index contributed by atoms with van der Waals surface area (Å²) in [6.45, 7) is 2.24. The van der Waals surface area contributed by atoms with Crippen LogP contribution >= 0.6 is 35.0 Å². The number of rotatable bonds is 11. The summed E-state index contributed by atoms with van der Waals surface area (Å²) in [7, 11) is 1.61. The minimum atomic E-state index is -0.761. The van der Waals surface area contributed by atoms with Gasteiger partial charge in [-0.05, 0) is 92.4 Å². The van der Waals surface area contributed by atoms with E-state index in [1.54, 1.807) is 31.1 Å². The number of thioether (sulfide) groups is 1. The molecule has 0 saturated carbocycles. The molecule has 2 N–H and O–H groups in total. The molecule has 1 saturated heterocycles. The van der Waals surface area contributed by atoms with E-state index >= 15 is 0 Å². The Labute approximate surface area is 231 Å². The van der Waals surface area contributed by atoms with Gasteiger partial charge in [0.2, 0.25) is 0 Å². The predicted molar refractivity (Wildman–Crippen MR) is 150 cm³/mol. The summed E-state index contributed by atoms with van der Waals surface area (Å²) >= 11 is 14.0. The van der Waals surface area contributed by atoms with Crippen LogP contribution < -0.4 is 4.74 Å². The molecule has 37 heavy (non-hydrogen) atoms. The van der Waals surface area contributed by atoms with Crippen molar-refractivity contribution in [3.63, 3.8) is 0 Å². The fourth-order valence-electron chi connectivity index (χ4n) is 5.05. The van der Waals surface area contributed by atoms with Gasteiger partial charge in [-0.2, -0.15) is 0 Å². The Morgan fingerprint density at radius 3 is 2.89 bits per heavy atom. The molecule has 1 aliphatic heterocycles. The highest BCUT2D eigenvalue weighted by atomic mass is 35.5. The van der Waals surface area contributed by atoms with Gasteiger partial charge in [-0.15, -0.1) is 11.8 Å². The Kier molecular flexibility index (Phi) is 9.96. The van der Waals surface area contributed by atoms with E-state index in [1.165, 1.54) is 0 Å². The average molecular weight is 564 g/mol. The molecule has 3 atom stereocenters. The first-order chi connectivity index (χ1) is 17.9. The van der Waals surface area contributed by atoms with Crippen LogP contribution in [-0.2, 0) is 4.79 Å². The van der Waals surface area contributed by atoms with E-state index < -0.39 is 18.0 Å². The van der Waals surface area contributed by atoms with Gasteiger partial charge in [-0.1, -0.05) is 29.3 Å². The maximum absolute atomic E-state index is 12.1. The van der Waals surface area contributed by atoms with Gasteiger partial charge in [-0.25, -0.2) is 0 Å². The van der Waals surface area contributed by atoms with E-state index in [2.05, 4.69) is 9.88 Å². The van der Waals surface area contributed by atoms with Crippen LogP contribution in [0.1, 0.15) is 37.4 Å². The highest BCUT2D eigenvalue weighted by Crippen LogP contribution is 2.35. The first-order valence-corrected chi connectivity index (χ1v) is 14.2. The lowest BCUT2D eigenvalue weighted by atomic mass is 9.81. The molecule has 0 aliphatic carbocycles. The number of hydrogen-bond acceptors (Lipinski definition) is 6. The highest BCUT2D eigenvalue weighted by Gasteiger charge is 2.34. The molecule has 3 aromatic rings. The lowest BCUT2D eigenvalue weighted by Gasteiger charge is -2.37. The number of aliphatic carboxylic acids is 1. The largest absolute Gasteiger partial charge is 0.497 e. The van der Waals surface area contributed by atoms with Crippen molar-refractivity contribution < 1.29 is 19.7 Å². The van der Waals surface area contributed by atoms with Crippen molar-refractivity contribution >= 4 is 51.8 Å². The minimum absolute atomic E-state index is 0.0330. The van der Waals surface area contributed by atoms with E-state index in [1.807, 2.05) is 36.4 Å². The van der Waals surface area contributed by atoms with Crippen molar-refractivity contribution in [3.8, 4) is 5.75 Å². The number of pyridine rings is 1. The molecule has 9 heteroatoms. The van der Waals surface area contributed by atoms with Crippen molar-refractivity contribution in [2.45, 2.75) is 36.7 Å². The number of hydrogen-bond donors (Lipinski definition) is 2. The van der Waals surface area contributed by atoms with Crippen LogP contribution in [0.5, 0.6) is 5.75 Å². The molecular formula is C28H32Cl2N2O4S. The van der Waals surface area contributed by atoms with Crippen molar-refractivity contribution in [2.75, 3.05) is 32.5 Å². The zero-order valence-corrected chi connectivity index (χ0v) is 23.1. The van der Waals surface area contributed by atoms with Gasteiger partial charge in [0.1, 0.15) is 5.75 Å². The molecular weight excluding hydrogens is 531 g/mol. The van der Waals surface area contributed by atoms with Crippen molar-refractivity contribution in [1.82, 2.24) is 9.88 Å². The summed E-state index contributed by atoms with van der Waals surface area (Å²) in [5.41, 5.74) is 1.59. The monoisotopic (exact) mass is 562 g/mol. The van der Waals surface area contributed by atoms with Crippen LogP contribution in [0.3, 0.4) is 0 Å². The van der Waals surface area contributed by atoms with E-state index in [0.717, 1.165) is 53.0 Å². The number of carbonyl (C=O) groups is 1. The lowest BCUT2D eigenvalue weighted by Crippen LogP contribution is -2.44. The third kappa shape index (κ3) is 7.09. The standard InChI is InChI=1S/C28H32Cl2N2O4S/c1-36-19-7-8-24-21(16-19)20(10-12-31-24)25(33)9-6-18-11-14-32(17-22(18)28(34)35)13-3-15-37-26-5-2-4-23(29)27(26)30/h2,4-5,7-8,10,12,16,18,22,25,33H,3,6,9,11,13-15,17H2,1H3,(H,34,35)/t18-,22+,25+/m1/s1. The van der Waals surface area contributed by atoms with Gasteiger partial charge in [0.25, 0.3) is 0 Å². The van der Waals surface area contributed by atoms with Crippen LogP contribution in [0, 0.1) is 11.8 Å². The first kappa shape index (κ1) is 28.0. The van der Waals surface area contributed by atoms with Crippen LogP contribution in [0.15, 0.2) is 53.6 Å². The normalized spacial score (nSPS) is 19.1. The fourth-order valence-corrected chi connectivity index (χ4v) is 6.48. The van der Waals surface area contributed by atoms with Gasteiger partial charge in [0, 0.05) is 23.0 Å². The molecule has 0 amide bonds. The predicted octanol–water partition coefficient (Wildman–Crippen LogP) is 6.57. The number of nitrogens with zero attached hydrogens (tertiary/aromatic N) is 2. The third-order valence-electron chi connectivity index (χ3n) is 7.10. The van der Waals surface area contributed by atoms with Crippen LogP contribution in [0.25, 0.3) is 10.9 Å². The second kappa shape index (κ2) is 13.2. The number of piperidine rings is 1. The number of aliphatic hydroxyl groups excluding tert-OH is 1. The number of aliphatic hydroxyl groups is 1. The number of carboxylic acids is 1. The molecule has 1 aromatic heterocycles. The number of benzene rings is 2. The minimum Gasteiger partial charge on any atom is -0.497 e. The number of methoxy groups -OCH3 is 1. The van der Waals surface area contributed by atoms with E-state index in [0.29, 0.717) is 35.2 Å². The zero-order valence-electron chi connectivity index (χ0n) is 20.8. The Morgan fingerprint density at radius 1 is 1.27 bits per heavy atom. The van der Waals surface area contributed by atoms with Crippen molar-refractivity contribution in [2.24, 2.45) is 11.8 Å². The second-order valence-electron chi connectivity index (χ2n) is 9.42. The molecule has 2 heterocycles. The smallest absolute Gasteiger partial charge is 0.308 e. The zero-order chi connectivity index (χ0) is 26.4. The summed E-state index contributed by atoms with van der Waals surface area (Å²) in [4.78, 5) is 19.7. The Bertz CT molecular complexity index is 1230. The summed E-state index contributed by atoms with van der Waals surface area (Å²) in [6.07, 6.45) is 3.90. The molecule has 1 aliphatic rings.